The molecule has 0 amide bonds. The van der Waals surface area contributed by atoms with Gasteiger partial charge in [-0.3, -0.25) is 0 Å². The number of rotatable bonds is 7. The van der Waals surface area contributed by atoms with Crippen LogP contribution in [0.15, 0.2) is 140 Å². The molecule has 0 heterocycles. The van der Waals surface area contributed by atoms with Crippen LogP contribution in [0.4, 0.5) is 34.1 Å². The number of hydrogen-bond acceptors (Lipinski definition) is 2. The van der Waals surface area contributed by atoms with Crippen LogP contribution in [-0.2, 0) is 0 Å². The van der Waals surface area contributed by atoms with Crippen LogP contribution in [-0.4, -0.2) is 0 Å². The van der Waals surface area contributed by atoms with E-state index in [4.69, 9.17) is 0 Å². The highest BCUT2D eigenvalue weighted by Gasteiger charge is 2.16. The van der Waals surface area contributed by atoms with Crippen molar-refractivity contribution >= 4 is 34.1 Å². The first kappa shape index (κ1) is 28.1. The van der Waals surface area contributed by atoms with Gasteiger partial charge in [0.1, 0.15) is 0 Å². The molecule has 0 saturated heterocycles. The van der Waals surface area contributed by atoms with E-state index < -0.39 is 0 Å². The first-order valence-electron chi connectivity index (χ1n) is 14.9. The quantitative estimate of drug-likeness (QED) is 0.192. The number of benzene rings is 6. The van der Waals surface area contributed by atoms with Gasteiger partial charge in [0, 0.05) is 34.1 Å². The lowest BCUT2D eigenvalue weighted by molar-refractivity contribution is 1.24. The van der Waals surface area contributed by atoms with E-state index in [1.165, 1.54) is 44.6 Å². The van der Waals surface area contributed by atoms with Gasteiger partial charge in [0.2, 0.25) is 0 Å². The summed E-state index contributed by atoms with van der Waals surface area (Å²) in [5.41, 5.74) is 15.6. The molecular weight excluding hydrogens is 520 g/mol. The first-order chi connectivity index (χ1) is 20.9. The molecule has 2 nitrogen and oxygen atoms in total. The molecule has 0 N–H and O–H groups in total. The van der Waals surface area contributed by atoms with Crippen molar-refractivity contribution in [1.82, 2.24) is 0 Å². The van der Waals surface area contributed by atoms with Crippen molar-refractivity contribution in [3.63, 3.8) is 0 Å². The van der Waals surface area contributed by atoms with Gasteiger partial charge in [-0.05, 0) is 124 Å². The summed E-state index contributed by atoms with van der Waals surface area (Å²) in [5.74, 6) is 0. The summed E-state index contributed by atoms with van der Waals surface area (Å²) in [4.78, 5) is 4.67. The standard InChI is InChI=1S/C41H38N2/c1-29-6-17-36(18-7-29)42(37-19-8-30(2)9-20-37)38-25-14-34(15-26-38)35-16-27-41(33(5)28-35)43(39-21-10-31(3)11-22-39)40-23-12-32(4)13-24-40/h6-28H,1-5H3. The van der Waals surface area contributed by atoms with Gasteiger partial charge >= 0.3 is 0 Å². The van der Waals surface area contributed by atoms with Crippen LogP contribution in [0.5, 0.6) is 0 Å². The van der Waals surface area contributed by atoms with Crippen molar-refractivity contribution in [3.8, 4) is 11.1 Å². The zero-order valence-corrected chi connectivity index (χ0v) is 25.7. The topological polar surface area (TPSA) is 6.48 Å². The molecule has 2 heteroatoms. The van der Waals surface area contributed by atoms with Gasteiger partial charge in [-0.1, -0.05) is 89.0 Å². The molecule has 6 rings (SSSR count). The molecule has 43 heavy (non-hydrogen) atoms. The van der Waals surface area contributed by atoms with E-state index in [1.54, 1.807) is 0 Å². The molecule has 212 valence electrons. The van der Waals surface area contributed by atoms with Gasteiger partial charge in [0.25, 0.3) is 0 Å². The average molecular weight is 559 g/mol. The summed E-state index contributed by atoms with van der Waals surface area (Å²) < 4.78 is 0. The van der Waals surface area contributed by atoms with E-state index in [9.17, 15) is 0 Å². The van der Waals surface area contributed by atoms with Crippen LogP contribution >= 0.6 is 0 Å². The molecule has 0 aliphatic rings. The molecule has 0 atom stereocenters. The third kappa shape index (κ3) is 6.10. The second kappa shape index (κ2) is 12.0. The Bertz CT molecular complexity index is 1720. The third-order valence-corrected chi connectivity index (χ3v) is 8.07. The maximum absolute atomic E-state index is 2.35. The highest BCUT2D eigenvalue weighted by molar-refractivity contribution is 5.82. The largest absolute Gasteiger partial charge is 0.311 e. The fourth-order valence-electron chi connectivity index (χ4n) is 5.54. The van der Waals surface area contributed by atoms with Crippen LogP contribution in [0.25, 0.3) is 11.1 Å². The lowest BCUT2D eigenvalue weighted by Crippen LogP contribution is -2.11. The Balaban J connectivity index is 1.35. The van der Waals surface area contributed by atoms with Crippen molar-refractivity contribution in [2.24, 2.45) is 0 Å². The van der Waals surface area contributed by atoms with Gasteiger partial charge in [0.05, 0.1) is 0 Å². The van der Waals surface area contributed by atoms with Crippen molar-refractivity contribution in [2.75, 3.05) is 9.80 Å². The summed E-state index contributed by atoms with van der Waals surface area (Å²) in [5, 5.41) is 0. The monoisotopic (exact) mass is 558 g/mol. The van der Waals surface area contributed by atoms with Gasteiger partial charge in [-0.25, -0.2) is 0 Å². The fraction of sp³-hybridized carbons (Fsp3) is 0.122. The smallest absolute Gasteiger partial charge is 0.0491 e. The second-order valence-electron chi connectivity index (χ2n) is 11.6. The molecular formula is C41H38N2. The van der Waals surface area contributed by atoms with Crippen LogP contribution in [0.2, 0.25) is 0 Å². The number of hydrogen-bond donors (Lipinski definition) is 0. The van der Waals surface area contributed by atoms with E-state index in [0.29, 0.717) is 0 Å². The summed E-state index contributed by atoms with van der Waals surface area (Å²) in [6.45, 7) is 10.7. The summed E-state index contributed by atoms with van der Waals surface area (Å²) in [6.07, 6.45) is 0. The van der Waals surface area contributed by atoms with Crippen molar-refractivity contribution in [3.05, 3.63) is 167 Å². The van der Waals surface area contributed by atoms with E-state index in [-0.39, 0.29) is 0 Å². The van der Waals surface area contributed by atoms with E-state index >= 15 is 0 Å². The van der Waals surface area contributed by atoms with Crippen LogP contribution in [0.1, 0.15) is 27.8 Å². The maximum Gasteiger partial charge on any atom is 0.0491 e. The molecule has 0 radical (unpaired) electrons. The van der Waals surface area contributed by atoms with E-state index in [1.807, 2.05) is 0 Å². The predicted molar refractivity (Wildman–Crippen MR) is 185 cm³/mol. The molecule has 0 aliphatic carbocycles. The van der Waals surface area contributed by atoms with Crippen molar-refractivity contribution < 1.29 is 0 Å². The van der Waals surface area contributed by atoms with Gasteiger partial charge in [-0.15, -0.1) is 0 Å². The summed E-state index contributed by atoms with van der Waals surface area (Å²) in [7, 11) is 0. The lowest BCUT2D eigenvalue weighted by atomic mass is 10.0. The maximum atomic E-state index is 2.35. The fourth-order valence-corrected chi connectivity index (χ4v) is 5.54. The zero-order valence-electron chi connectivity index (χ0n) is 25.7. The molecule has 0 spiro atoms. The molecule has 0 fully saturated rings. The highest BCUT2D eigenvalue weighted by Crippen LogP contribution is 2.39. The van der Waals surface area contributed by atoms with Crippen LogP contribution < -0.4 is 9.80 Å². The normalized spacial score (nSPS) is 10.9. The van der Waals surface area contributed by atoms with E-state index in [0.717, 1.165) is 28.4 Å². The Morgan fingerprint density at radius 3 is 0.953 bits per heavy atom. The van der Waals surface area contributed by atoms with Gasteiger partial charge in [0.15, 0.2) is 0 Å². The first-order valence-corrected chi connectivity index (χ1v) is 14.9. The Morgan fingerprint density at radius 2 is 0.605 bits per heavy atom. The minimum atomic E-state index is 1.13. The van der Waals surface area contributed by atoms with Gasteiger partial charge in [-0.2, -0.15) is 0 Å². The van der Waals surface area contributed by atoms with Gasteiger partial charge < -0.3 is 9.80 Å². The van der Waals surface area contributed by atoms with Crippen LogP contribution in [0.3, 0.4) is 0 Å². The SMILES string of the molecule is Cc1ccc(N(c2ccc(C)cc2)c2ccc(-c3ccc(N(c4ccc(C)cc4)c4ccc(C)cc4)c(C)c3)cc2)cc1. The summed E-state index contributed by atoms with van der Waals surface area (Å²) >= 11 is 0. The number of nitrogens with zero attached hydrogens (tertiary/aromatic N) is 2. The molecule has 6 aromatic rings. The van der Waals surface area contributed by atoms with E-state index in [2.05, 4.69) is 184 Å². The molecule has 0 aliphatic heterocycles. The van der Waals surface area contributed by atoms with Crippen LogP contribution in [0, 0.1) is 34.6 Å². The second-order valence-corrected chi connectivity index (χ2v) is 11.6. The molecule has 0 saturated carbocycles. The van der Waals surface area contributed by atoms with Crippen molar-refractivity contribution in [2.45, 2.75) is 34.6 Å². The Kier molecular flexibility index (Phi) is 7.85. The molecule has 0 bridgehead atoms. The Morgan fingerprint density at radius 1 is 0.302 bits per heavy atom. The lowest BCUT2D eigenvalue weighted by Gasteiger charge is -2.28. The van der Waals surface area contributed by atoms with Crippen molar-refractivity contribution in [1.29, 1.82) is 0 Å². The minimum Gasteiger partial charge on any atom is -0.311 e. The minimum absolute atomic E-state index is 1.13. The Labute approximate surface area is 256 Å². The highest BCUT2D eigenvalue weighted by atomic mass is 15.1. The number of aryl methyl sites for hydroxylation is 5. The molecule has 0 aromatic heterocycles. The average Bonchev–Trinajstić information content (AvgIpc) is 3.02. The predicted octanol–water partition coefficient (Wildman–Crippen LogP) is 11.8. The molecule has 0 unspecified atom stereocenters. The Hall–Kier alpha value is -5.08. The third-order valence-electron chi connectivity index (χ3n) is 8.07. The molecule has 6 aromatic carbocycles. The number of anilines is 6. The zero-order chi connectivity index (χ0) is 29.9. The summed E-state index contributed by atoms with van der Waals surface area (Å²) in [6, 6.07) is 50.7.